The molecule has 1 heterocycles. The Balaban J connectivity index is 0.000000336. The van der Waals surface area contributed by atoms with Crippen molar-refractivity contribution in [2.24, 2.45) is 10.9 Å². The number of halogens is 4. The highest BCUT2D eigenvalue weighted by Crippen LogP contribution is 2.35. The number of amidine groups is 1. The van der Waals surface area contributed by atoms with Crippen LogP contribution in [-0.2, 0) is 6.18 Å². The number of hydrogen-bond donors (Lipinski definition) is 4. The summed E-state index contributed by atoms with van der Waals surface area (Å²) in [5.41, 5.74) is -0.123. The Kier molecular flexibility index (Phi) is 12.1. The summed E-state index contributed by atoms with van der Waals surface area (Å²) in [4.78, 5) is 4.01. The van der Waals surface area contributed by atoms with Crippen LogP contribution < -0.4 is 21.3 Å². The summed E-state index contributed by atoms with van der Waals surface area (Å²) in [7, 11) is 3.54. The molecular weight excluding hydrogens is 482 g/mol. The molecule has 0 radical (unpaired) electrons. The molecule has 2 aliphatic rings. The maximum Gasteiger partial charge on any atom is 0.416 e. The van der Waals surface area contributed by atoms with Gasteiger partial charge in [0.2, 0.25) is 0 Å². The number of rotatable bonds is 7. The summed E-state index contributed by atoms with van der Waals surface area (Å²) in [5.74, 6) is 0.803. The minimum Gasteiger partial charge on any atom is -0.361 e. The third kappa shape index (κ3) is 8.86. The van der Waals surface area contributed by atoms with E-state index in [1.54, 1.807) is 24.3 Å². The standard InChI is InChI=1S/C18H15F4N3.C8H18N2.C2H6/c1-23-16-10-15(12-7-3-5-9-14(12)19)24-17(25-16)11-6-2-4-8-13(11)18(20,21)22;1-3-6-10-8(9-2)7-4-5-7;1-2/h2-10,17,24H,1H3,(H,23,25);7-10H,3-6H2,1-2H3;1-2H3. The molecule has 1 saturated carbocycles. The number of nitrogens with one attached hydrogen (secondary N) is 4. The average molecular weight is 522 g/mol. The second-order valence-electron chi connectivity index (χ2n) is 8.51. The topological polar surface area (TPSA) is 60.5 Å². The molecule has 2 unspecified atom stereocenters. The lowest BCUT2D eigenvalue weighted by atomic mass is 10.0. The number of nitrogens with zero attached hydrogens (tertiary/aromatic N) is 1. The highest BCUT2D eigenvalue weighted by Gasteiger charge is 2.36. The van der Waals surface area contributed by atoms with Crippen molar-refractivity contribution in [3.63, 3.8) is 0 Å². The van der Waals surface area contributed by atoms with E-state index in [4.69, 9.17) is 0 Å². The number of alkyl halides is 3. The van der Waals surface area contributed by atoms with E-state index in [1.807, 2.05) is 20.9 Å². The van der Waals surface area contributed by atoms with Gasteiger partial charge in [0.15, 0.2) is 0 Å². The normalized spacial score (nSPS) is 18.8. The fourth-order valence-corrected chi connectivity index (χ4v) is 3.92. The Hall–Kier alpha value is -2.91. The van der Waals surface area contributed by atoms with Gasteiger partial charge in [0.1, 0.15) is 17.8 Å². The number of benzene rings is 2. The van der Waals surface area contributed by atoms with Crippen LogP contribution in [0.15, 0.2) is 59.6 Å². The van der Waals surface area contributed by atoms with Crippen molar-refractivity contribution in [1.82, 2.24) is 21.3 Å². The van der Waals surface area contributed by atoms with Gasteiger partial charge in [-0.15, -0.1) is 0 Å². The molecule has 5 nitrogen and oxygen atoms in total. The molecule has 2 aromatic rings. The molecule has 204 valence electrons. The zero-order valence-electron chi connectivity index (χ0n) is 22.2. The van der Waals surface area contributed by atoms with Gasteiger partial charge in [-0.1, -0.05) is 51.1 Å². The van der Waals surface area contributed by atoms with Crippen molar-refractivity contribution < 1.29 is 17.6 Å². The first-order chi connectivity index (χ1) is 17.8. The Bertz CT molecular complexity index is 1030. The largest absolute Gasteiger partial charge is 0.416 e. The molecule has 1 aliphatic heterocycles. The fraction of sp³-hybridized carbons (Fsp3) is 0.464. The van der Waals surface area contributed by atoms with Gasteiger partial charge in [0.05, 0.1) is 11.7 Å². The summed E-state index contributed by atoms with van der Waals surface area (Å²) in [6, 6.07) is 11.3. The Morgan fingerprint density at radius 1 is 1.03 bits per heavy atom. The van der Waals surface area contributed by atoms with Crippen molar-refractivity contribution in [1.29, 1.82) is 0 Å². The van der Waals surface area contributed by atoms with Gasteiger partial charge in [-0.2, -0.15) is 13.2 Å². The van der Waals surface area contributed by atoms with E-state index in [0.29, 0.717) is 17.7 Å². The second kappa shape index (κ2) is 14.7. The first-order valence-corrected chi connectivity index (χ1v) is 12.8. The van der Waals surface area contributed by atoms with Crippen LogP contribution in [0.4, 0.5) is 17.6 Å². The monoisotopic (exact) mass is 521 g/mol. The molecule has 37 heavy (non-hydrogen) atoms. The van der Waals surface area contributed by atoms with E-state index in [-0.39, 0.29) is 11.1 Å². The molecule has 1 aliphatic carbocycles. The van der Waals surface area contributed by atoms with Crippen molar-refractivity contribution in [2.45, 2.75) is 58.5 Å². The van der Waals surface area contributed by atoms with E-state index >= 15 is 0 Å². The van der Waals surface area contributed by atoms with Crippen LogP contribution in [0, 0.1) is 11.7 Å². The highest BCUT2D eigenvalue weighted by molar-refractivity contribution is 6.00. The maximum atomic E-state index is 14.1. The molecule has 4 N–H and O–H groups in total. The van der Waals surface area contributed by atoms with Gasteiger partial charge in [0.25, 0.3) is 0 Å². The van der Waals surface area contributed by atoms with Gasteiger partial charge in [-0.3, -0.25) is 4.99 Å². The van der Waals surface area contributed by atoms with Crippen LogP contribution in [0.3, 0.4) is 0 Å². The lowest BCUT2D eigenvalue weighted by Gasteiger charge is -2.30. The zero-order valence-corrected chi connectivity index (χ0v) is 22.2. The molecule has 0 aromatic heterocycles. The first-order valence-electron chi connectivity index (χ1n) is 12.8. The van der Waals surface area contributed by atoms with Crippen LogP contribution >= 0.6 is 0 Å². The minimum atomic E-state index is -4.50. The Morgan fingerprint density at radius 3 is 2.24 bits per heavy atom. The zero-order chi connectivity index (χ0) is 27.4. The SMILES string of the molecule is CC.CCCNC(NC)C1CC1.CN=C1C=C(c2ccccc2F)NC(c2ccccc2C(F)(F)F)N1. The van der Waals surface area contributed by atoms with Crippen LogP contribution in [-0.4, -0.2) is 32.6 Å². The molecule has 0 bridgehead atoms. The minimum absolute atomic E-state index is 0.0121. The van der Waals surface area contributed by atoms with Crippen molar-refractivity contribution in [2.75, 3.05) is 20.6 Å². The Morgan fingerprint density at radius 2 is 1.68 bits per heavy atom. The van der Waals surface area contributed by atoms with Gasteiger partial charge in [-0.25, -0.2) is 4.39 Å². The summed E-state index contributed by atoms with van der Waals surface area (Å²) >= 11 is 0. The average Bonchev–Trinajstić information content (AvgIpc) is 3.76. The van der Waals surface area contributed by atoms with Crippen molar-refractivity contribution in [3.05, 3.63) is 77.1 Å². The van der Waals surface area contributed by atoms with Gasteiger partial charge in [0, 0.05) is 29.9 Å². The summed E-state index contributed by atoms with van der Waals surface area (Å²) in [5, 5.41) is 12.6. The predicted molar refractivity (Wildman–Crippen MR) is 143 cm³/mol. The van der Waals surface area contributed by atoms with E-state index in [9.17, 15) is 17.6 Å². The highest BCUT2D eigenvalue weighted by atomic mass is 19.4. The second-order valence-corrected chi connectivity index (χ2v) is 8.51. The van der Waals surface area contributed by atoms with Gasteiger partial charge < -0.3 is 21.3 Å². The Labute approximate surface area is 217 Å². The third-order valence-electron chi connectivity index (χ3n) is 5.87. The maximum absolute atomic E-state index is 14.1. The predicted octanol–water partition coefficient (Wildman–Crippen LogP) is 6.07. The quantitative estimate of drug-likeness (QED) is 0.264. The lowest BCUT2D eigenvalue weighted by Crippen LogP contribution is -2.42. The number of hydrogen-bond acceptors (Lipinski definition) is 4. The summed E-state index contributed by atoms with van der Waals surface area (Å²) in [6.07, 6.45) is 0.791. The lowest BCUT2D eigenvalue weighted by molar-refractivity contribution is -0.138. The van der Waals surface area contributed by atoms with Crippen molar-refractivity contribution in [3.8, 4) is 0 Å². The molecule has 4 rings (SSSR count). The van der Waals surface area contributed by atoms with Gasteiger partial charge >= 0.3 is 6.18 Å². The molecule has 1 fully saturated rings. The van der Waals surface area contributed by atoms with E-state index < -0.39 is 23.7 Å². The van der Waals surface area contributed by atoms with Crippen LogP contribution in [0.2, 0.25) is 0 Å². The smallest absolute Gasteiger partial charge is 0.361 e. The molecule has 0 amide bonds. The van der Waals surface area contributed by atoms with Crippen molar-refractivity contribution >= 4 is 11.5 Å². The van der Waals surface area contributed by atoms with Crippen LogP contribution in [0.1, 0.15) is 62.9 Å². The van der Waals surface area contributed by atoms with E-state index in [1.165, 1.54) is 50.6 Å². The first kappa shape index (κ1) is 30.3. The molecular formula is C28H39F4N5. The fourth-order valence-electron chi connectivity index (χ4n) is 3.92. The van der Waals surface area contributed by atoms with Gasteiger partial charge in [-0.05, 0) is 57.0 Å². The molecule has 2 aromatic carbocycles. The number of aliphatic imine (C=N–C) groups is 1. The molecule has 0 saturated heterocycles. The van der Waals surface area contributed by atoms with Crippen LogP contribution in [0.5, 0.6) is 0 Å². The third-order valence-corrected chi connectivity index (χ3v) is 5.87. The van der Waals surface area contributed by atoms with E-state index in [0.717, 1.165) is 18.5 Å². The molecule has 0 spiro atoms. The summed E-state index contributed by atoms with van der Waals surface area (Å²) < 4.78 is 54.0. The molecule has 9 heteroatoms. The van der Waals surface area contributed by atoms with Crippen LogP contribution in [0.25, 0.3) is 5.70 Å². The van der Waals surface area contributed by atoms with E-state index in [2.05, 4.69) is 33.2 Å². The summed E-state index contributed by atoms with van der Waals surface area (Å²) in [6.45, 7) is 7.34. The molecule has 2 atom stereocenters.